The zero-order valence-corrected chi connectivity index (χ0v) is 19.1. The van der Waals surface area contributed by atoms with Crippen molar-refractivity contribution in [1.29, 1.82) is 0 Å². The van der Waals surface area contributed by atoms with Gasteiger partial charge >= 0.3 is 0 Å². The van der Waals surface area contributed by atoms with Gasteiger partial charge in [0.05, 0.1) is 6.42 Å². The Hall–Kier alpha value is -1.92. The number of amides is 2. The zero-order chi connectivity index (χ0) is 21.8. The summed E-state index contributed by atoms with van der Waals surface area (Å²) in [5, 5.41) is 0. The van der Waals surface area contributed by atoms with Crippen molar-refractivity contribution < 1.29 is 14.3 Å². The van der Waals surface area contributed by atoms with Crippen LogP contribution in [0, 0.1) is 12.8 Å². The van der Waals surface area contributed by atoms with Gasteiger partial charge in [-0.1, -0.05) is 24.3 Å². The van der Waals surface area contributed by atoms with Crippen molar-refractivity contribution in [1.82, 2.24) is 14.7 Å². The molecule has 0 bridgehead atoms. The van der Waals surface area contributed by atoms with E-state index in [1.807, 2.05) is 30.1 Å². The van der Waals surface area contributed by atoms with Crippen molar-refractivity contribution >= 4 is 11.8 Å². The fourth-order valence-corrected chi connectivity index (χ4v) is 4.98. The lowest BCUT2D eigenvalue weighted by atomic mass is 10.0. The van der Waals surface area contributed by atoms with Gasteiger partial charge in [0.15, 0.2) is 0 Å². The standard InChI is InChI=1S/C25H37N3O3/c1-19-5-3-4-6-21(19)17-24(29)26(2)13-14-28(22-10-15-31-16-11-22)23-9-12-27(18-23)25(30)20-7-8-20/h3-6,20,22-23H,7-18H2,1-2H3. The molecule has 2 amide bonds. The Labute approximate surface area is 186 Å². The van der Waals surface area contributed by atoms with Crippen molar-refractivity contribution in [3.8, 4) is 0 Å². The summed E-state index contributed by atoms with van der Waals surface area (Å²) >= 11 is 0. The smallest absolute Gasteiger partial charge is 0.226 e. The van der Waals surface area contributed by atoms with Crippen LogP contribution in [0.5, 0.6) is 0 Å². The van der Waals surface area contributed by atoms with Gasteiger partial charge in [0.25, 0.3) is 0 Å². The van der Waals surface area contributed by atoms with Crippen LogP contribution in [0.15, 0.2) is 24.3 Å². The fraction of sp³-hybridized carbons (Fsp3) is 0.680. The van der Waals surface area contributed by atoms with E-state index in [-0.39, 0.29) is 5.91 Å². The zero-order valence-electron chi connectivity index (χ0n) is 19.1. The second kappa shape index (κ2) is 10.1. The fourth-order valence-electron chi connectivity index (χ4n) is 4.98. The molecule has 0 aromatic heterocycles. The second-order valence-corrected chi connectivity index (χ2v) is 9.50. The van der Waals surface area contributed by atoms with Crippen LogP contribution in [-0.2, 0) is 20.7 Å². The largest absolute Gasteiger partial charge is 0.381 e. The molecule has 3 aliphatic rings. The van der Waals surface area contributed by atoms with E-state index in [0.717, 1.165) is 77.1 Å². The molecule has 1 aromatic rings. The first-order valence-electron chi connectivity index (χ1n) is 11.9. The Balaban J connectivity index is 1.35. The monoisotopic (exact) mass is 427 g/mol. The summed E-state index contributed by atoms with van der Waals surface area (Å²) in [5.41, 5.74) is 2.27. The number of likely N-dealkylation sites (N-methyl/N-ethyl adjacent to an activating group) is 1. The van der Waals surface area contributed by atoms with Gasteiger partial charge in [0.2, 0.25) is 11.8 Å². The van der Waals surface area contributed by atoms with E-state index in [2.05, 4.69) is 22.8 Å². The number of hydrogen-bond donors (Lipinski definition) is 0. The summed E-state index contributed by atoms with van der Waals surface area (Å²) in [4.78, 5) is 31.9. The molecule has 1 saturated carbocycles. The molecular formula is C25H37N3O3. The van der Waals surface area contributed by atoms with Crippen LogP contribution in [0.3, 0.4) is 0 Å². The molecule has 6 heteroatoms. The summed E-state index contributed by atoms with van der Waals surface area (Å²) in [6, 6.07) is 8.98. The first kappa shape index (κ1) is 22.3. The molecule has 31 heavy (non-hydrogen) atoms. The van der Waals surface area contributed by atoms with Gasteiger partial charge in [-0.05, 0) is 50.2 Å². The number of benzene rings is 1. The number of likely N-dealkylation sites (tertiary alicyclic amines) is 1. The Morgan fingerprint density at radius 2 is 1.77 bits per heavy atom. The molecule has 1 atom stereocenters. The van der Waals surface area contributed by atoms with E-state index in [0.29, 0.717) is 30.3 Å². The van der Waals surface area contributed by atoms with E-state index in [1.165, 1.54) is 5.56 Å². The number of nitrogens with zero attached hydrogens (tertiary/aromatic N) is 3. The van der Waals surface area contributed by atoms with Crippen molar-refractivity contribution in [2.75, 3.05) is 46.4 Å². The van der Waals surface area contributed by atoms with Crippen molar-refractivity contribution in [2.45, 2.75) is 57.5 Å². The van der Waals surface area contributed by atoms with E-state index in [4.69, 9.17) is 4.74 Å². The topological polar surface area (TPSA) is 53.1 Å². The van der Waals surface area contributed by atoms with Crippen LogP contribution in [0.1, 0.15) is 43.2 Å². The molecular weight excluding hydrogens is 390 g/mol. The lowest BCUT2D eigenvalue weighted by molar-refractivity contribution is -0.131. The Kier molecular flexibility index (Phi) is 7.28. The van der Waals surface area contributed by atoms with E-state index in [1.54, 1.807) is 0 Å². The highest BCUT2D eigenvalue weighted by atomic mass is 16.5. The number of carbonyl (C=O) groups is 2. The molecule has 2 aliphatic heterocycles. The van der Waals surface area contributed by atoms with Gasteiger partial charge in [-0.15, -0.1) is 0 Å². The van der Waals surface area contributed by atoms with Gasteiger partial charge in [0.1, 0.15) is 0 Å². The van der Waals surface area contributed by atoms with E-state index < -0.39 is 0 Å². The molecule has 170 valence electrons. The minimum atomic E-state index is 0.165. The Morgan fingerprint density at radius 1 is 1.03 bits per heavy atom. The normalized spacial score (nSPS) is 22.2. The predicted molar refractivity (Wildman–Crippen MR) is 121 cm³/mol. The quantitative estimate of drug-likeness (QED) is 0.640. The van der Waals surface area contributed by atoms with Gasteiger partial charge in [-0.25, -0.2) is 0 Å². The van der Waals surface area contributed by atoms with Crippen LogP contribution in [0.4, 0.5) is 0 Å². The van der Waals surface area contributed by atoms with Gasteiger partial charge in [0, 0.05) is 64.4 Å². The maximum atomic E-state index is 12.8. The predicted octanol–water partition coefficient (Wildman–Crippen LogP) is 2.49. The Morgan fingerprint density at radius 3 is 2.48 bits per heavy atom. The maximum Gasteiger partial charge on any atom is 0.226 e. The summed E-state index contributed by atoms with van der Waals surface area (Å²) in [5.74, 6) is 0.818. The highest BCUT2D eigenvalue weighted by Crippen LogP contribution is 2.33. The Bertz CT molecular complexity index is 773. The van der Waals surface area contributed by atoms with E-state index in [9.17, 15) is 9.59 Å². The lowest BCUT2D eigenvalue weighted by Crippen LogP contribution is -2.50. The number of rotatable bonds is 8. The SMILES string of the molecule is Cc1ccccc1CC(=O)N(C)CCN(C1CCOCC1)C1CCN(C(=O)C2CC2)C1. The molecule has 2 heterocycles. The summed E-state index contributed by atoms with van der Waals surface area (Å²) in [6.07, 6.45) is 5.70. The van der Waals surface area contributed by atoms with Gasteiger partial charge in [-0.2, -0.15) is 0 Å². The second-order valence-electron chi connectivity index (χ2n) is 9.50. The van der Waals surface area contributed by atoms with Crippen LogP contribution in [0.2, 0.25) is 0 Å². The van der Waals surface area contributed by atoms with Crippen molar-refractivity contribution in [3.05, 3.63) is 35.4 Å². The minimum absolute atomic E-state index is 0.165. The summed E-state index contributed by atoms with van der Waals surface area (Å²) in [7, 11) is 1.92. The summed E-state index contributed by atoms with van der Waals surface area (Å²) < 4.78 is 5.60. The first-order valence-corrected chi connectivity index (χ1v) is 11.9. The maximum absolute atomic E-state index is 12.8. The number of hydrogen-bond acceptors (Lipinski definition) is 4. The molecule has 2 saturated heterocycles. The molecule has 1 aromatic carbocycles. The molecule has 0 spiro atoms. The van der Waals surface area contributed by atoms with Crippen LogP contribution < -0.4 is 0 Å². The minimum Gasteiger partial charge on any atom is -0.381 e. The van der Waals surface area contributed by atoms with Crippen molar-refractivity contribution in [2.24, 2.45) is 5.92 Å². The van der Waals surface area contributed by atoms with E-state index >= 15 is 0 Å². The van der Waals surface area contributed by atoms with Crippen LogP contribution in [0.25, 0.3) is 0 Å². The van der Waals surface area contributed by atoms with Gasteiger partial charge < -0.3 is 14.5 Å². The molecule has 0 N–H and O–H groups in total. The molecule has 6 nitrogen and oxygen atoms in total. The number of aryl methyl sites for hydroxylation is 1. The third-order valence-electron chi connectivity index (χ3n) is 7.25. The summed E-state index contributed by atoms with van der Waals surface area (Å²) in [6.45, 7) is 6.97. The molecule has 0 radical (unpaired) electrons. The third-order valence-corrected chi connectivity index (χ3v) is 7.25. The highest BCUT2D eigenvalue weighted by Gasteiger charge is 2.39. The lowest BCUT2D eigenvalue weighted by Gasteiger charge is -2.39. The van der Waals surface area contributed by atoms with Crippen molar-refractivity contribution in [3.63, 3.8) is 0 Å². The number of ether oxygens (including phenoxy) is 1. The number of carbonyl (C=O) groups excluding carboxylic acids is 2. The first-order chi connectivity index (χ1) is 15.0. The van der Waals surface area contributed by atoms with Gasteiger partial charge in [-0.3, -0.25) is 14.5 Å². The molecule has 3 fully saturated rings. The average molecular weight is 428 g/mol. The molecule has 1 unspecified atom stereocenters. The molecule has 1 aliphatic carbocycles. The van der Waals surface area contributed by atoms with Crippen LogP contribution >= 0.6 is 0 Å². The van der Waals surface area contributed by atoms with Crippen LogP contribution in [-0.4, -0.2) is 85.0 Å². The third kappa shape index (κ3) is 5.66. The average Bonchev–Trinajstić information content (AvgIpc) is 3.53. The highest BCUT2D eigenvalue weighted by molar-refractivity contribution is 5.81. The molecule has 4 rings (SSSR count).